The van der Waals surface area contributed by atoms with Crippen LogP contribution in [0.4, 0.5) is 5.95 Å². The Hall–Kier alpha value is -2.14. The van der Waals surface area contributed by atoms with Gasteiger partial charge < -0.3 is 15.8 Å². The maximum absolute atomic E-state index is 5.55. The molecule has 2 aromatic rings. The van der Waals surface area contributed by atoms with Crippen molar-refractivity contribution in [3.05, 3.63) is 47.2 Å². The van der Waals surface area contributed by atoms with Gasteiger partial charge in [0.05, 0.1) is 6.61 Å². The minimum absolute atomic E-state index is 0.587. The van der Waals surface area contributed by atoms with E-state index in [0.29, 0.717) is 31.5 Å². The first-order valence-corrected chi connectivity index (χ1v) is 7.21. The van der Waals surface area contributed by atoms with E-state index < -0.39 is 0 Å². The molecule has 21 heavy (non-hydrogen) atoms. The van der Waals surface area contributed by atoms with Crippen molar-refractivity contribution in [2.75, 3.05) is 18.5 Å². The van der Waals surface area contributed by atoms with E-state index in [1.807, 2.05) is 19.9 Å². The normalized spacial score (nSPS) is 10.4. The first-order valence-electron chi connectivity index (χ1n) is 7.21. The highest BCUT2D eigenvalue weighted by Crippen LogP contribution is 2.13. The lowest BCUT2D eigenvalue weighted by Crippen LogP contribution is -2.06. The molecule has 0 unspecified atom stereocenters. The van der Waals surface area contributed by atoms with Crippen molar-refractivity contribution in [1.82, 2.24) is 9.97 Å². The van der Waals surface area contributed by atoms with Crippen LogP contribution in [0.2, 0.25) is 0 Å². The van der Waals surface area contributed by atoms with Crippen LogP contribution in [0, 0.1) is 6.92 Å². The molecular formula is C16H22N4O. The molecule has 1 heterocycles. The second kappa shape index (κ2) is 7.59. The zero-order chi connectivity index (χ0) is 15.1. The van der Waals surface area contributed by atoms with Crippen LogP contribution in [0.1, 0.15) is 23.7 Å². The highest BCUT2D eigenvalue weighted by atomic mass is 16.5. The summed E-state index contributed by atoms with van der Waals surface area (Å²) in [6.45, 7) is 5.82. The van der Waals surface area contributed by atoms with Crippen LogP contribution >= 0.6 is 0 Å². The maximum Gasteiger partial charge on any atom is 0.226 e. The van der Waals surface area contributed by atoms with Crippen molar-refractivity contribution in [2.45, 2.75) is 26.8 Å². The van der Waals surface area contributed by atoms with E-state index in [1.165, 1.54) is 11.1 Å². The quantitative estimate of drug-likeness (QED) is 0.817. The van der Waals surface area contributed by atoms with E-state index in [-0.39, 0.29) is 0 Å². The van der Waals surface area contributed by atoms with Gasteiger partial charge in [-0.25, -0.2) is 4.98 Å². The van der Waals surface area contributed by atoms with Gasteiger partial charge in [0.1, 0.15) is 0 Å². The molecule has 0 spiro atoms. The second-order valence-corrected chi connectivity index (χ2v) is 4.81. The molecule has 0 bridgehead atoms. The average molecular weight is 286 g/mol. The Morgan fingerprint density at radius 1 is 1.14 bits per heavy atom. The number of rotatable bonds is 7. The maximum atomic E-state index is 5.55. The first-order chi connectivity index (χ1) is 10.2. The van der Waals surface area contributed by atoms with Gasteiger partial charge in [0, 0.05) is 18.3 Å². The van der Waals surface area contributed by atoms with Gasteiger partial charge in [-0.15, -0.1) is 0 Å². The van der Waals surface area contributed by atoms with Gasteiger partial charge in [0.2, 0.25) is 11.8 Å². The Morgan fingerprint density at radius 2 is 1.86 bits per heavy atom. The molecule has 5 heteroatoms. The van der Waals surface area contributed by atoms with Crippen molar-refractivity contribution < 1.29 is 4.74 Å². The van der Waals surface area contributed by atoms with Gasteiger partial charge in [-0.2, -0.15) is 4.98 Å². The number of aromatic nitrogens is 2. The number of ether oxygens (including phenoxy) is 1. The number of benzene rings is 1. The molecule has 0 amide bonds. The lowest BCUT2D eigenvalue weighted by atomic mass is 10.1. The molecule has 0 atom stereocenters. The summed E-state index contributed by atoms with van der Waals surface area (Å²) in [7, 11) is 0. The number of aryl methyl sites for hydroxylation is 1. The molecule has 3 N–H and O–H groups in total. The average Bonchev–Trinajstić information content (AvgIpc) is 2.47. The van der Waals surface area contributed by atoms with Gasteiger partial charge in [0.25, 0.3) is 0 Å². The van der Waals surface area contributed by atoms with E-state index in [0.717, 1.165) is 12.1 Å². The summed E-state index contributed by atoms with van der Waals surface area (Å²) in [5.41, 5.74) is 8.86. The molecule has 112 valence electrons. The summed E-state index contributed by atoms with van der Waals surface area (Å²) in [4.78, 5) is 8.68. The molecule has 0 aliphatic rings. The molecular weight excluding hydrogens is 264 g/mol. The van der Waals surface area contributed by atoms with Crippen molar-refractivity contribution >= 4 is 5.95 Å². The number of anilines is 1. The summed E-state index contributed by atoms with van der Waals surface area (Å²) in [5, 5.41) is 3.23. The molecule has 2 rings (SSSR count). The fourth-order valence-electron chi connectivity index (χ4n) is 2.01. The third-order valence-electron chi connectivity index (χ3n) is 3.03. The molecule has 0 saturated heterocycles. The van der Waals surface area contributed by atoms with E-state index in [2.05, 4.69) is 39.6 Å². The monoisotopic (exact) mass is 286 g/mol. The summed E-state index contributed by atoms with van der Waals surface area (Å²) < 4.78 is 5.42. The van der Waals surface area contributed by atoms with E-state index in [4.69, 9.17) is 10.5 Å². The zero-order valence-corrected chi connectivity index (χ0v) is 12.6. The number of nitrogens with one attached hydrogen (secondary N) is 1. The Labute approximate surface area is 125 Å². The molecule has 0 radical (unpaired) electrons. The number of nitrogens with two attached hydrogens (primary N) is 1. The topological polar surface area (TPSA) is 73.1 Å². The lowest BCUT2D eigenvalue weighted by Gasteiger charge is -2.09. The first kappa shape index (κ1) is 15.3. The summed E-state index contributed by atoms with van der Waals surface area (Å²) in [6.07, 6.45) is 0.909. The predicted octanol–water partition coefficient (Wildman–Crippen LogP) is 2.30. The Morgan fingerprint density at radius 3 is 2.52 bits per heavy atom. The van der Waals surface area contributed by atoms with Crippen molar-refractivity contribution in [2.24, 2.45) is 5.73 Å². The lowest BCUT2D eigenvalue weighted by molar-refractivity contribution is 0.326. The van der Waals surface area contributed by atoms with Gasteiger partial charge in [-0.3, -0.25) is 0 Å². The van der Waals surface area contributed by atoms with Crippen LogP contribution in [0.3, 0.4) is 0 Å². The van der Waals surface area contributed by atoms with E-state index in [1.54, 1.807) is 0 Å². The molecule has 5 nitrogen and oxygen atoms in total. The van der Waals surface area contributed by atoms with Crippen LogP contribution in [-0.2, 0) is 13.0 Å². The Balaban J connectivity index is 1.98. The standard InChI is InChI=1S/C16H22N4O/c1-3-21-15-10-12(2)19-16(20-15)18-11-14-6-4-13(5-7-14)8-9-17/h4-7,10H,3,8-9,11,17H2,1-2H3,(H,18,19,20). The molecule has 1 aromatic heterocycles. The van der Waals surface area contributed by atoms with Crippen LogP contribution in [-0.4, -0.2) is 23.1 Å². The largest absolute Gasteiger partial charge is 0.478 e. The van der Waals surface area contributed by atoms with Gasteiger partial charge in [-0.05, 0) is 37.9 Å². The minimum atomic E-state index is 0.587. The smallest absolute Gasteiger partial charge is 0.226 e. The number of hydrogen-bond acceptors (Lipinski definition) is 5. The van der Waals surface area contributed by atoms with E-state index in [9.17, 15) is 0 Å². The number of hydrogen-bond donors (Lipinski definition) is 2. The molecule has 0 aliphatic carbocycles. The van der Waals surface area contributed by atoms with Gasteiger partial charge >= 0.3 is 0 Å². The third kappa shape index (κ3) is 4.72. The molecule has 0 saturated carbocycles. The Kier molecular flexibility index (Phi) is 5.51. The predicted molar refractivity (Wildman–Crippen MR) is 84.5 cm³/mol. The van der Waals surface area contributed by atoms with Crippen LogP contribution in [0.15, 0.2) is 30.3 Å². The third-order valence-corrected chi connectivity index (χ3v) is 3.03. The second-order valence-electron chi connectivity index (χ2n) is 4.81. The fourth-order valence-corrected chi connectivity index (χ4v) is 2.01. The fraction of sp³-hybridized carbons (Fsp3) is 0.375. The van der Waals surface area contributed by atoms with Crippen molar-refractivity contribution in [1.29, 1.82) is 0 Å². The highest BCUT2D eigenvalue weighted by Gasteiger charge is 2.03. The van der Waals surface area contributed by atoms with Gasteiger partial charge in [0.15, 0.2) is 0 Å². The summed E-state index contributed by atoms with van der Waals surface area (Å²) in [5.74, 6) is 1.19. The van der Waals surface area contributed by atoms with Crippen LogP contribution < -0.4 is 15.8 Å². The van der Waals surface area contributed by atoms with Crippen molar-refractivity contribution in [3.63, 3.8) is 0 Å². The zero-order valence-electron chi connectivity index (χ0n) is 12.6. The Bertz CT molecular complexity index is 569. The van der Waals surface area contributed by atoms with E-state index >= 15 is 0 Å². The van der Waals surface area contributed by atoms with Crippen LogP contribution in [0.5, 0.6) is 5.88 Å². The SMILES string of the molecule is CCOc1cc(C)nc(NCc2ccc(CCN)cc2)n1. The highest BCUT2D eigenvalue weighted by molar-refractivity contribution is 5.33. The summed E-state index contributed by atoms with van der Waals surface area (Å²) >= 11 is 0. The van der Waals surface area contributed by atoms with Gasteiger partial charge in [-0.1, -0.05) is 24.3 Å². The molecule has 0 aliphatic heterocycles. The molecule has 1 aromatic carbocycles. The number of nitrogens with zero attached hydrogens (tertiary/aromatic N) is 2. The molecule has 0 fully saturated rings. The minimum Gasteiger partial charge on any atom is -0.478 e. The van der Waals surface area contributed by atoms with Crippen molar-refractivity contribution in [3.8, 4) is 5.88 Å². The summed E-state index contributed by atoms with van der Waals surface area (Å²) in [6, 6.07) is 10.2. The van der Waals surface area contributed by atoms with Crippen LogP contribution in [0.25, 0.3) is 0 Å².